The molecule has 0 spiro atoms. The molecule has 0 N–H and O–H groups in total. The molecule has 2 aromatic rings. The molecule has 2 aromatic carbocycles. The van der Waals surface area contributed by atoms with Crippen LogP contribution in [0.15, 0.2) is 48.5 Å². The van der Waals surface area contributed by atoms with Gasteiger partial charge in [0.2, 0.25) is 0 Å². The summed E-state index contributed by atoms with van der Waals surface area (Å²) in [7, 11) is 0. The third-order valence-electron chi connectivity index (χ3n) is 13.2. The van der Waals surface area contributed by atoms with Crippen molar-refractivity contribution in [3.05, 3.63) is 59.7 Å². The molecule has 18 heteroatoms. The van der Waals surface area contributed by atoms with E-state index in [4.69, 9.17) is 47.4 Å². The van der Waals surface area contributed by atoms with Gasteiger partial charge in [0.05, 0.1) is 43.3 Å². The van der Waals surface area contributed by atoms with Crippen LogP contribution in [0.4, 0.5) is 0 Å². The van der Waals surface area contributed by atoms with E-state index in [2.05, 4.69) is 0 Å². The van der Waals surface area contributed by atoms with Crippen molar-refractivity contribution >= 4 is 47.8 Å². The molecule has 0 aliphatic carbocycles. The van der Waals surface area contributed by atoms with Crippen LogP contribution in [0, 0.1) is 43.3 Å². The standard InChI is InChI=1S/C64H94O18/c1-57(2,3)49(65)73-33-39-43(77-51(67)59(7,8)9)47(81-55(71)63(19,20)21)45(79-53(69)61(13,14)15)41(75-39)37-29-25-35(26-30-37)36-27-31-38(32-28-36)42-46(80-54(70)62(16,17)18)48(82-56(72)64(22,23)24)44(78-52(68)60(10,11)12)40(76-42)34-74-50(66)58(4,5)6/h25-32,39-48H,33-34H2,1-24H3/t39-,40?,41-,42?,43-,44?,45-,46?,47+,48?/m1/s1. The molecular weight excluding hydrogens is 1060 g/mol. The fourth-order valence-corrected chi connectivity index (χ4v) is 7.73. The number of carbonyl (C=O) groups excluding carboxylic acids is 8. The Labute approximate surface area is 486 Å². The van der Waals surface area contributed by atoms with Crippen LogP contribution >= 0.6 is 0 Å². The van der Waals surface area contributed by atoms with Crippen LogP contribution in [0.3, 0.4) is 0 Å². The first kappa shape index (κ1) is 68.6. The van der Waals surface area contributed by atoms with Crippen molar-refractivity contribution in [2.75, 3.05) is 13.2 Å². The number of hydrogen-bond acceptors (Lipinski definition) is 18. The number of carbonyl (C=O) groups is 8. The SMILES string of the molecule is CC(C)(C)C(=O)OCC1OC(c2ccc(-c3ccc([C@H]4O[C@H](COC(=O)C(C)(C)C)[C@@H](OC(=O)C(C)(C)C)[C@H](OC(=O)C(C)(C)C)[C@@H]4OC(=O)C(C)(C)C)cc3)cc2)C(OC(=O)C(C)(C)C)C(OC(=O)C(C)(C)C)C1OC(=O)C(C)(C)C. The molecule has 2 aliphatic heterocycles. The van der Waals surface area contributed by atoms with Gasteiger partial charge in [0.15, 0.2) is 36.6 Å². The lowest BCUT2D eigenvalue weighted by atomic mass is 9.87. The monoisotopic (exact) mass is 1150 g/mol. The van der Waals surface area contributed by atoms with Crippen molar-refractivity contribution in [2.24, 2.45) is 43.3 Å². The summed E-state index contributed by atoms with van der Waals surface area (Å²) in [5.41, 5.74) is -5.86. The Morgan fingerprint density at radius 2 is 0.488 bits per heavy atom. The van der Waals surface area contributed by atoms with Crippen molar-refractivity contribution in [3.63, 3.8) is 0 Å². The van der Waals surface area contributed by atoms with E-state index in [0.717, 1.165) is 0 Å². The van der Waals surface area contributed by atoms with Gasteiger partial charge < -0.3 is 47.4 Å². The van der Waals surface area contributed by atoms with Gasteiger partial charge >= 0.3 is 47.8 Å². The molecule has 2 saturated heterocycles. The minimum absolute atomic E-state index is 0.422. The van der Waals surface area contributed by atoms with Gasteiger partial charge in [-0.15, -0.1) is 0 Å². The maximum Gasteiger partial charge on any atom is 0.311 e. The smallest absolute Gasteiger partial charge is 0.311 e. The van der Waals surface area contributed by atoms with Gasteiger partial charge in [-0.1, -0.05) is 48.5 Å². The first-order valence-corrected chi connectivity index (χ1v) is 28.2. The molecule has 0 radical (unpaired) electrons. The summed E-state index contributed by atoms with van der Waals surface area (Å²) in [6.45, 7) is 39.1. The van der Waals surface area contributed by atoms with Crippen molar-refractivity contribution < 1.29 is 85.7 Å². The molecule has 5 unspecified atom stereocenters. The molecule has 458 valence electrons. The summed E-state index contributed by atoms with van der Waals surface area (Å²) in [4.78, 5) is 110. The van der Waals surface area contributed by atoms with E-state index in [-0.39, 0.29) is 0 Å². The molecule has 2 heterocycles. The molecule has 18 nitrogen and oxygen atoms in total. The zero-order chi connectivity index (χ0) is 62.8. The third kappa shape index (κ3) is 18.1. The summed E-state index contributed by atoms with van der Waals surface area (Å²) in [5, 5.41) is 0. The average Bonchev–Trinajstić information content (AvgIpc) is 3.32. The van der Waals surface area contributed by atoms with Crippen LogP contribution in [-0.2, 0) is 85.7 Å². The van der Waals surface area contributed by atoms with E-state index in [1.54, 1.807) is 215 Å². The van der Waals surface area contributed by atoms with Gasteiger partial charge in [-0.25, -0.2) is 0 Å². The molecule has 4 rings (SSSR count). The highest BCUT2D eigenvalue weighted by Gasteiger charge is 2.57. The first-order chi connectivity index (χ1) is 37.0. The van der Waals surface area contributed by atoms with Gasteiger partial charge in [-0.05, 0) is 188 Å². The second-order valence-electron chi connectivity index (χ2n) is 29.9. The van der Waals surface area contributed by atoms with E-state index in [1.165, 1.54) is 0 Å². The molecule has 2 fully saturated rings. The molecular formula is C64H94O18. The zero-order valence-electron chi connectivity index (χ0n) is 53.2. The number of benzene rings is 2. The molecule has 0 saturated carbocycles. The molecule has 10 atom stereocenters. The Morgan fingerprint density at radius 3 is 0.695 bits per heavy atom. The Balaban J connectivity index is 1.91. The highest BCUT2D eigenvalue weighted by Crippen LogP contribution is 2.43. The van der Waals surface area contributed by atoms with Crippen molar-refractivity contribution in [3.8, 4) is 11.1 Å². The second kappa shape index (κ2) is 25.1. The predicted molar refractivity (Wildman–Crippen MR) is 304 cm³/mol. The largest absolute Gasteiger partial charge is 0.462 e. The molecule has 82 heavy (non-hydrogen) atoms. The Bertz CT molecular complexity index is 2430. The van der Waals surface area contributed by atoms with Crippen molar-refractivity contribution in [1.29, 1.82) is 0 Å². The van der Waals surface area contributed by atoms with E-state index in [1.807, 2.05) is 0 Å². The Hall–Kier alpha value is -5.88. The van der Waals surface area contributed by atoms with E-state index < -0.39 is 165 Å². The lowest BCUT2D eigenvalue weighted by Gasteiger charge is -2.46. The van der Waals surface area contributed by atoms with Gasteiger partial charge in [-0.3, -0.25) is 38.4 Å². The van der Waals surface area contributed by atoms with Crippen LogP contribution in [0.5, 0.6) is 0 Å². The van der Waals surface area contributed by atoms with Crippen LogP contribution in [0.1, 0.15) is 190 Å². The molecule has 0 amide bonds. The number of ether oxygens (including phenoxy) is 10. The first-order valence-electron chi connectivity index (χ1n) is 28.2. The highest BCUT2D eigenvalue weighted by molar-refractivity contribution is 5.80. The van der Waals surface area contributed by atoms with Crippen molar-refractivity contribution in [1.82, 2.24) is 0 Å². The van der Waals surface area contributed by atoms with Crippen LogP contribution in [0.2, 0.25) is 0 Å². The van der Waals surface area contributed by atoms with Crippen LogP contribution in [-0.4, -0.2) is 110 Å². The van der Waals surface area contributed by atoms with E-state index in [0.29, 0.717) is 22.3 Å². The Morgan fingerprint density at radius 1 is 0.293 bits per heavy atom. The molecule has 2 aliphatic rings. The maximum atomic E-state index is 14.0. The predicted octanol–water partition coefficient (Wildman–Crippen LogP) is 11.2. The van der Waals surface area contributed by atoms with Crippen LogP contribution < -0.4 is 0 Å². The maximum absolute atomic E-state index is 14.0. The topological polar surface area (TPSA) is 229 Å². The minimum atomic E-state index is -1.45. The molecule has 0 aromatic heterocycles. The minimum Gasteiger partial charge on any atom is -0.462 e. The van der Waals surface area contributed by atoms with Gasteiger partial charge in [-0.2, -0.15) is 0 Å². The van der Waals surface area contributed by atoms with Crippen molar-refractivity contribution in [2.45, 2.75) is 227 Å². The van der Waals surface area contributed by atoms with Gasteiger partial charge in [0.1, 0.15) is 37.6 Å². The fourth-order valence-electron chi connectivity index (χ4n) is 7.73. The van der Waals surface area contributed by atoms with E-state index in [9.17, 15) is 38.4 Å². The number of hydrogen-bond donors (Lipinski definition) is 0. The highest BCUT2D eigenvalue weighted by atomic mass is 16.7. The Kier molecular flexibility index (Phi) is 21.0. The van der Waals surface area contributed by atoms with Gasteiger partial charge in [0.25, 0.3) is 0 Å². The zero-order valence-corrected chi connectivity index (χ0v) is 53.2. The average molecular weight is 1150 g/mol. The summed E-state index contributed by atoms with van der Waals surface area (Å²) in [5.74, 6) is -5.17. The van der Waals surface area contributed by atoms with Crippen LogP contribution in [0.25, 0.3) is 11.1 Å². The normalized spacial score (nSPS) is 24.0. The summed E-state index contributed by atoms with van der Waals surface area (Å²) >= 11 is 0. The quantitative estimate of drug-likeness (QED) is 0.134. The summed E-state index contributed by atoms with van der Waals surface area (Å²) in [6.07, 6.45) is -13.3. The number of rotatable bonds is 13. The lowest BCUT2D eigenvalue weighted by Crippen LogP contribution is -2.61. The second-order valence-corrected chi connectivity index (χ2v) is 29.9. The summed E-state index contributed by atoms with van der Waals surface area (Å²) < 4.78 is 62.5. The number of esters is 8. The summed E-state index contributed by atoms with van der Waals surface area (Å²) in [6, 6.07) is 14.2. The van der Waals surface area contributed by atoms with E-state index >= 15 is 0 Å². The fraction of sp³-hybridized carbons (Fsp3) is 0.688. The molecule has 0 bridgehead atoms. The third-order valence-corrected chi connectivity index (χ3v) is 13.2. The van der Waals surface area contributed by atoms with Gasteiger partial charge in [0, 0.05) is 0 Å². The lowest BCUT2D eigenvalue weighted by molar-refractivity contribution is -0.262.